The van der Waals surface area contributed by atoms with E-state index in [0.29, 0.717) is 0 Å². The Labute approximate surface area is 67.8 Å². The van der Waals surface area contributed by atoms with Crippen molar-refractivity contribution in [3.8, 4) is 0 Å². The maximum atomic E-state index is 10.2. The normalized spacial score (nSPS) is 12.9. The largest absolute Gasteiger partial charge is 0.481 e. The molecular formula is C8H17NO2. The molecule has 0 saturated heterocycles. The fraction of sp³-hybridized carbons (Fsp3) is 0.875. The number of hydrogen-bond donors (Lipinski definition) is 2. The number of nitrogens with one attached hydrogen (secondary N) is 1. The van der Waals surface area contributed by atoms with Crippen LogP contribution in [0, 0.1) is 5.92 Å². The second-order valence-electron chi connectivity index (χ2n) is 2.85. The topological polar surface area (TPSA) is 49.3 Å². The van der Waals surface area contributed by atoms with E-state index in [-0.39, 0.29) is 12.3 Å². The zero-order chi connectivity index (χ0) is 8.69. The quantitative estimate of drug-likeness (QED) is 0.570. The highest BCUT2D eigenvalue weighted by atomic mass is 16.4. The van der Waals surface area contributed by atoms with Gasteiger partial charge >= 0.3 is 5.97 Å². The van der Waals surface area contributed by atoms with E-state index in [9.17, 15) is 4.79 Å². The molecule has 0 bridgehead atoms. The molecule has 3 nitrogen and oxygen atoms in total. The smallest absolute Gasteiger partial charge is 0.303 e. The SMILES string of the molecule is CCNCCC(C)CC(=O)O. The van der Waals surface area contributed by atoms with Crippen molar-refractivity contribution in [3.05, 3.63) is 0 Å². The Kier molecular flexibility index (Phi) is 5.84. The molecule has 0 rings (SSSR count). The zero-order valence-corrected chi connectivity index (χ0v) is 7.26. The molecule has 0 amide bonds. The lowest BCUT2D eigenvalue weighted by Gasteiger charge is -2.07. The molecule has 0 aliphatic rings. The molecule has 3 heteroatoms. The van der Waals surface area contributed by atoms with Crippen LogP contribution >= 0.6 is 0 Å². The van der Waals surface area contributed by atoms with Crippen LogP contribution < -0.4 is 5.32 Å². The number of carboxylic acids is 1. The standard InChI is InChI=1S/C8H17NO2/c1-3-9-5-4-7(2)6-8(10)11/h7,9H,3-6H2,1-2H3,(H,10,11). The van der Waals surface area contributed by atoms with Crippen molar-refractivity contribution >= 4 is 5.97 Å². The first-order valence-electron chi connectivity index (χ1n) is 4.09. The van der Waals surface area contributed by atoms with Crippen molar-refractivity contribution in [2.45, 2.75) is 26.7 Å². The monoisotopic (exact) mass is 159 g/mol. The van der Waals surface area contributed by atoms with Gasteiger partial charge in [0.2, 0.25) is 0 Å². The molecule has 0 saturated carbocycles. The Hall–Kier alpha value is -0.570. The van der Waals surface area contributed by atoms with E-state index in [1.54, 1.807) is 0 Å². The van der Waals surface area contributed by atoms with Gasteiger partial charge in [0, 0.05) is 6.42 Å². The molecule has 0 radical (unpaired) electrons. The molecule has 0 aromatic heterocycles. The Balaban J connectivity index is 3.22. The highest BCUT2D eigenvalue weighted by Crippen LogP contribution is 2.05. The number of hydrogen-bond acceptors (Lipinski definition) is 2. The lowest BCUT2D eigenvalue weighted by atomic mass is 10.0. The summed E-state index contributed by atoms with van der Waals surface area (Å²) in [6, 6.07) is 0. The third-order valence-electron chi connectivity index (χ3n) is 1.59. The van der Waals surface area contributed by atoms with Gasteiger partial charge in [0.15, 0.2) is 0 Å². The minimum Gasteiger partial charge on any atom is -0.481 e. The van der Waals surface area contributed by atoms with E-state index < -0.39 is 5.97 Å². The average Bonchev–Trinajstić information content (AvgIpc) is 1.86. The van der Waals surface area contributed by atoms with Crippen molar-refractivity contribution in [1.82, 2.24) is 5.32 Å². The fourth-order valence-corrected chi connectivity index (χ4v) is 0.925. The summed E-state index contributed by atoms with van der Waals surface area (Å²) in [7, 11) is 0. The maximum Gasteiger partial charge on any atom is 0.303 e. The third kappa shape index (κ3) is 7.33. The molecule has 0 spiro atoms. The van der Waals surface area contributed by atoms with Crippen molar-refractivity contribution in [3.63, 3.8) is 0 Å². The molecular weight excluding hydrogens is 142 g/mol. The molecule has 2 N–H and O–H groups in total. The minimum absolute atomic E-state index is 0.283. The summed E-state index contributed by atoms with van der Waals surface area (Å²) in [4.78, 5) is 10.2. The summed E-state index contributed by atoms with van der Waals surface area (Å²) >= 11 is 0. The molecule has 11 heavy (non-hydrogen) atoms. The average molecular weight is 159 g/mol. The van der Waals surface area contributed by atoms with Crippen molar-refractivity contribution in [2.24, 2.45) is 5.92 Å². The lowest BCUT2D eigenvalue weighted by Crippen LogP contribution is -2.17. The first kappa shape index (κ1) is 10.4. The van der Waals surface area contributed by atoms with Gasteiger partial charge in [-0.25, -0.2) is 0 Å². The Bertz CT molecular complexity index is 115. The van der Waals surface area contributed by atoms with Crippen LogP contribution in [0.3, 0.4) is 0 Å². The predicted octanol–water partition coefficient (Wildman–Crippen LogP) is 1.10. The predicted molar refractivity (Wildman–Crippen MR) is 44.6 cm³/mol. The Morgan fingerprint density at radius 2 is 2.27 bits per heavy atom. The molecule has 1 unspecified atom stereocenters. The Morgan fingerprint density at radius 1 is 1.64 bits per heavy atom. The summed E-state index contributed by atoms with van der Waals surface area (Å²) in [6.07, 6.45) is 1.23. The summed E-state index contributed by atoms with van der Waals surface area (Å²) in [5, 5.41) is 11.6. The van der Waals surface area contributed by atoms with Gasteiger partial charge in [0.05, 0.1) is 0 Å². The number of aliphatic carboxylic acids is 1. The summed E-state index contributed by atoms with van der Waals surface area (Å²) in [6.45, 7) is 5.89. The van der Waals surface area contributed by atoms with Crippen LogP contribution in [0.2, 0.25) is 0 Å². The number of carboxylic acid groups (broad SMARTS) is 1. The van der Waals surface area contributed by atoms with E-state index in [1.807, 2.05) is 13.8 Å². The van der Waals surface area contributed by atoms with Gasteiger partial charge in [-0.15, -0.1) is 0 Å². The van der Waals surface area contributed by atoms with E-state index in [2.05, 4.69) is 5.32 Å². The molecule has 0 aromatic carbocycles. The molecule has 1 atom stereocenters. The molecule has 66 valence electrons. The first-order chi connectivity index (χ1) is 5.16. The van der Waals surface area contributed by atoms with Gasteiger partial charge in [-0.3, -0.25) is 4.79 Å². The third-order valence-corrected chi connectivity index (χ3v) is 1.59. The highest BCUT2D eigenvalue weighted by Gasteiger charge is 2.05. The first-order valence-corrected chi connectivity index (χ1v) is 4.09. The number of rotatable bonds is 6. The van der Waals surface area contributed by atoms with Crippen LogP contribution in [0.15, 0.2) is 0 Å². The van der Waals surface area contributed by atoms with Gasteiger partial charge in [0.25, 0.3) is 0 Å². The Morgan fingerprint density at radius 3 is 2.73 bits per heavy atom. The van der Waals surface area contributed by atoms with Gasteiger partial charge in [-0.1, -0.05) is 13.8 Å². The van der Waals surface area contributed by atoms with Gasteiger partial charge in [-0.05, 0) is 25.4 Å². The summed E-state index contributed by atoms with van der Waals surface area (Å²) in [5.41, 5.74) is 0. The zero-order valence-electron chi connectivity index (χ0n) is 7.26. The fourth-order valence-electron chi connectivity index (χ4n) is 0.925. The van der Waals surface area contributed by atoms with Crippen LogP contribution in [0.5, 0.6) is 0 Å². The molecule has 0 aromatic rings. The van der Waals surface area contributed by atoms with Crippen LogP contribution in [-0.4, -0.2) is 24.2 Å². The van der Waals surface area contributed by atoms with Gasteiger partial charge in [0.1, 0.15) is 0 Å². The van der Waals surface area contributed by atoms with Crippen LogP contribution in [0.4, 0.5) is 0 Å². The van der Waals surface area contributed by atoms with Gasteiger partial charge in [-0.2, -0.15) is 0 Å². The van der Waals surface area contributed by atoms with Crippen LogP contribution in [0.25, 0.3) is 0 Å². The van der Waals surface area contributed by atoms with Crippen molar-refractivity contribution < 1.29 is 9.90 Å². The van der Waals surface area contributed by atoms with E-state index in [1.165, 1.54) is 0 Å². The van der Waals surface area contributed by atoms with Crippen LogP contribution in [0.1, 0.15) is 26.7 Å². The molecule has 0 aliphatic heterocycles. The summed E-state index contributed by atoms with van der Waals surface area (Å²) < 4.78 is 0. The maximum absolute atomic E-state index is 10.2. The van der Waals surface area contributed by atoms with Gasteiger partial charge < -0.3 is 10.4 Å². The minimum atomic E-state index is -0.700. The molecule has 0 heterocycles. The molecule has 0 fully saturated rings. The van der Waals surface area contributed by atoms with E-state index >= 15 is 0 Å². The van der Waals surface area contributed by atoms with E-state index in [4.69, 9.17) is 5.11 Å². The van der Waals surface area contributed by atoms with Crippen molar-refractivity contribution in [1.29, 1.82) is 0 Å². The second kappa shape index (κ2) is 6.16. The van der Waals surface area contributed by atoms with Crippen molar-refractivity contribution in [2.75, 3.05) is 13.1 Å². The highest BCUT2D eigenvalue weighted by molar-refractivity contribution is 5.66. The molecule has 0 aliphatic carbocycles. The lowest BCUT2D eigenvalue weighted by molar-refractivity contribution is -0.138. The summed E-state index contributed by atoms with van der Waals surface area (Å²) in [5.74, 6) is -0.416. The van der Waals surface area contributed by atoms with E-state index in [0.717, 1.165) is 19.5 Å². The van der Waals surface area contributed by atoms with Crippen LogP contribution in [-0.2, 0) is 4.79 Å². The second-order valence-corrected chi connectivity index (χ2v) is 2.85. The number of carbonyl (C=O) groups is 1.